The van der Waals surface area contributed by atoms with E-state index in [9.17, 15) is 9.59 Å². The van der Waals surface area contributed by atoms with Gasteiger partial charge in [-0.25, -0.2) is 4.68 Å². The van der Waals surface area contributed by atoms with Gasteiger partial charge in [-0.1, -0.05) is 0 Å². The third-order valence-corrected chi connectivity index (χ3v) is 3.12. The zero-order valence-corrected chi connectivity index (χ0v) is 11.7. The highest BCUT2D eigenvalue weighted by Crippen LogP contribution is 2.24. The Hall–Kier alpha value is -2.43. The maximum atomic E-state index is 11.8. The first-order valence-electron chi connectivity index (χ1n) is 6.33. The molecule has 0 aliphatic heterocycles. The third-order valence-electron chi connectivity index (χ3n) is 3.12. The molecule has 0 saturated heterocycles. The largest absolute Gasteiger partial charge is 0.496 e. The van der Waals surface area contributed by atoms with E-state index in [4.69, 9.17) is 4.74 Å². The van der Waals surface area contributed by atoms with Crippen LogP contribution >= 0.6 is 0 Å². The number of benzene rings is 1. The highest BCUT2D eigenvalue weighted by Gasteiger charge is 2.09. The number of carbonyl (C=O) groups is 1. The van der Waals surface area contributed by atoms with Crippen LogP contribution in [-0.2, 0) is 6.54 Å². The lowest BCUT2D eigenvalue weighted by Gasteiger charge is -2.09. The molecule has 1 heterocycles. The topological polar surface area (TPSA) is 61.2 Å². The summed E-state index contributed by atoms with van der Waals surface area (Å²) in [6, 6.07) is 7.13. The third kappa shape index (κ3) is 2.47. The van der Waals surface area contributed by atoms with Gasteiger partial charge in [-0.3, -0.25) is 9.59 Å². The zero-order chi connectivity index (χ0) is 14.7. The van der Waals surface area contributed by atoms with Gasteiger partial charge >= 0.3 is 0 Å². The first kappa shape index (κ1) is 14.0. The van der Waals surface area contributed by atoms with Gasteiger partial charge in [-0.15, -0.1) is 0 Å². The van der Waals surface area contributed by atoms with E-state index in [1.165, 1.54) is 10.7 Å². The fourth-order valence-corrected chi connectivity index (χ4v) is 2.04. The smallest absolute Gasteiger partial charge is 0.277 e. The number of aromatic nitrogens is 2. The molecule has 0 atom stereocenters. The fourth-order valence-electron chi connectivity index (χ4n) is 2.04. The Balaban J connectivity index is 2.60. The molecular weight excluding hydrogens is 256 g/mol. The van der Waals surface area contributed by atoms with Crippen LogP contribution in [0.4, 0.5) is 0 Å². The normalized spacial score (nSPS) is 10.3. The van der Waals surface area contributed by atoms with Crippen LogP contribution < -0.4 is 10.3 Å². The predicted molar refractivity (Wildman–Crippen MR) is 76.3 cm³/mol. The highest BCUT2D eigenvalue weighted by atomic mass is 16.5. The number of carbonyl (C=O) groups excluding carboxylic acids is 1. The van der Waals surface area contributed by atoms with Crippen molar-refractivity contribution in [3.8, 4) is 17.0 Å². The van der Waals surface area contributed by atoms with Crippen molar-refractivity contribution >= 4 is 6.29 Å². The second-order valence-corrected chi connectivity index (χ2v) is 4.41. The van der Waals surface area contributed by atoms with Crippen molar-refractivity contribution in [1.82, 2.24) is 9.78 Å². The number of rotatable bonds is 4. The molecule has 0 bridgehead atoms. The van der Waals surface area contributed by atoms with E-state index in [1.54, 1.807) is 7.11 Å². The van der Waals surface area contributed by atoms with E-state index in [0.717, 1.165) is 16.9 Å². The first-order valence-corrected chi connectivity index (χ1v) is 6.33. The molecule has 1 aromatic carbocycles. The molecule has 0 fully saturated rings. The number of ether oxygens (including phenoxy) is 1. The van der Waals surface area contributed by atoms with E-state index < -0.39 is 0 Å². The summed E-state index contributed by atoms with van der Waals surface area (Å²) < 4.78 is 6.50. The monoisotopic (exact) mass is 272 g/mol. The van der Waals surface area contributed by atoms with Crippen LogP contribution in [0.25, 0.3) is 11.3 Å². The average Bonchev–Trinajstić information content (AvgIpc) is 2.47. The molecule has 0 N–H and O–H groups in total. The van der Waals surface area contributed by atoms with Crippen molar-refractivity contribution in [1.29, 1.82) is 0 Å². The van der Waals surface area contributed by atoms with E-state index in [2.05, 4.69) is 5.10 Å². The minimum Gasteiger partial charge on any atom is -0.496 e. The average molecular weight is 272 g/mol. The minimum atomic E-state index is -0.364. The quantitative estimate of drug-likeness (QED) is 0.799. The molecule has 0 radical (unpaired) electrons. The minimum absolute atomic E-state index is 0.116. The lowest BCUT2D eigenvalue weighted by molar-refractivity contribution is 0.112. The van der Waals surface area contributed by atoms with Crippen molar-refractivity contribution in [2.75, 3.05) is 7.11 Å². The van der Waals surface area contributed by atoms with Gasteiger partial charge in [0.15, 0.2) is 6.29 Å². The van der Waals surface area contributed by atoms with Crippen LogP contribution in [0.1, 0.15) is 22.8 Å². The van der Waals surface area contributed by atoms with Crippen LogP contribution in [-0.4, -0.2) is 23.2 Å². The maximum Gasteiger partial charge on any atom is 0.277 e. The van der Waals surface area contributed by atoms with E-state index in [0.29, 0.717) is 18.5 Å². The van der Waals surface area contributed by atoms with Gasteiger partial charge in [0.05, 0.1) is 18.4 Å². The van der Waals surface area contributed by atoms with Gasteiger partial charge in [-0.05, 0) is 43.7 Å². The van der Waals surface area contributed by atoms with Crippen LogP contribution in [0.5, 0.6) is 5.75 Å². The summed E-state index contributed by atoms with van der Waals surface area (Å²) in [7, 11) is 1.61. The van der Waals surface area contributed by atoms with Gasteiger partial charge in [0.2, 0.25) is 0 Å². The van der Waals surface area contributed by atoms with Crippen LogP contribution in [0.15, 0.2) is 29.1 Å². The lowest BCUT2D eigenvalue weighted by atomic mass is 10.1. The Morgan fingerprint density at radius 2 is 2.10 bits per heavy atom. The maximum absolute atomic E-state index is 11.8. The van der Waals surface area contributed by atoms with Gasteiger partial charge in [0, 0.05) is 12.1 Å². The lowest BCUT2D eigenvalue weighted by Crippen LogP contribution is -2.25. The second-order valence-electron chi connectivity index (χ2n) is 4.41. The molecule has 2 aromatic rings. The van der Waals surface area contributed by atoms with Gasteiger partial charge in [0.25, 0.3) is 5.56 Å². The fraction of sp³-hybridized carbons (Fsp3) is 0.267. The molecule has 0 unspecified atom stereocenters. The standard InChI is InChI=1S/C15H16N2O3/c1-4-17-15(19)12(9-18)8-13(16-17)11-5-6-14(20-3)10(2)7-11/h5-9H,4H2,1-3H3. The van der Waals surface area contributed by atoms with Gasteiger partial charge < -0.3 is 4.74 Å². The Morgan fingerprint density at radius 3 is 2.65 bits per heavy atom. The second kappa shape index (κ2) is 5.69. The van der Waals surface area contributed by atoms with Crippen molar-refractivity contribution in [2.45, 2.75) is 20.4 Å². The molecule has 0 saturated carbocycles. The first-order chi connectivity index (χ1) is 9.60. The van der Waals surface area contributed by atoms with E-state index in [1.807, 2.05) is 32.0 Å². The molecule has 0 amide bonds. The molecular formula is C15H16N2O3. The Kier molecular flexibility index (Phi) is 3.98. The number of hydrogen-bond acceptors (Lipinski definition) is 4. The summed E-state index contributed by atoms with van der Waals surface area (Å²) in [6.45, 7) is 4.16. The van der Waals surface area contributed by atoms with Crippen molar-refractivity contribution in [3.63, 3.8) is 0 Å². The van der Waals surface area contributed by atoms with Gasteiger partial charge in [0.1, 0.15) is 5.75 Å². The molecule has 2 rings (SSSR count). The molecule has 20 heavy (non-hydrogen) atoms. The molecule has 5 nitrogen and oxygen atoms in total. The molecule has 0 aliphatic rings. The SMILES string of the molecule is CCn1nc(-c2ccc(OC)c(C)c2)cc(C=O)c1=O. The van der Waals surface area contributed by atoms with Crippen molar-refractivity contribution < 1.29 is 9.53 Å². The Morgan fingerprint density at radius 1 is 1.35 bits per heavy atom. The summed E-state index contributed by atoms with van der Waals surface area (Å²) in [5.41, 5.74) is 2.16. The number of nitrogens with zero attached hydrogens (tertiary/aromatic N) is 2. The predicted octanol–water partition coefficient (Wildman–Crippen LogP) is 2.06. The summed E-state index contributed by atoms with van der Waals surface area (Å²) in [5, 5.41) is 4.27. The zero-order valence-electron chi connectivity index (χ0n) is 11.7. The van der Waals surface area contributed by atoms with Crippen LogP contribution in [0.2, 0.25) is 0 Å². The van der Waals surface area contributed by atoms with Crippen molar-refractivity contribution in [2.24, 2.45) is 0 Å². The van der Waals surface area contributed by atoms with Crippen molar-refractivity contribution in [3.05, 3.63) is 45.7 Å². The molecule has 5 heteroatoms. The molecule has 0 spiro atoms. The number of aldehydes is 1. The highest BCUT2D eigenvalue weighted by molar-refractivity contribution is 5.77. The number of methoxy groups -OCH3 is 1. The van der Waals surface area contributed by atoms with Crippen LogP contribution in [0, 0.1) is 6.92 Å². The number of aryl methyl sites for hydroxylation is 2. The summed E-state index contributed by atoms with van der Waals surface area (Å²) in [4.78, 5) is 22.8. The number of hydrogen-bond donors (Lipinski definition) is 0. The van der Waals surface area contributed by atoms with E-state index >= 15 is 0 Å². The Labute approximate surface area is 116 Å². The van der Waals surface area contributed by atoms with Gasteiger partial charge in [-0.2, -0.15) is 5.10 Å². The summed E-state index contributed by atoms with van der Waals surface area (Å²) in [6.07, 6.45) is 0.566. The van der Waals surface area contributed by atoms with E-state index in [-0.39, 0.29) is 11.1 Å². The summed E-state index contributed by atoms with van der Waals surface area (Å²) >= 11 is 0. The Bertz CT molecular complexity index is 705. The summed E-state index contributed by atoms with van der Waals surface area (Å²) in [5.74, 6) is 0.785. The molecule has 104 valence electrons. The van der Waals surface area contributed by atoms with Crippen LogP contribution in [0.3, 0.4) is 0 Å². The molecule has 0 aliphatic carbocycles. The molecule has 1 aromatic heterocycles.